The van der Waals surface area contributed by atoms with Crippen molar-refractivity contribution in [3.8, 4) is 0 Å². The van der Waals surface area contributed by atoms with Crippen LogP contribution < -0.4 is 10.7 Å². The number of rotatable bonds is 5. The van der Waals surface area contributed by atoms with Gasteiger partial charge in [-0.15, -0.1) is 0 Å². The fourth-order valence-electron chi connectivity index (χ4n) is 1.91. The predicted octanol–water partition coefficient (Wildman–Crippen LogP) is 2.49. The van der Waals surface area contributed by atoms with Crippen LogP contribution in [0.2, 0.25) is 0 Å². The van der Waals surface area contributed by atoms with Gasteiger partial charge in [-0.05, 0) is 31.2 Å². The fraction of sp³-hybridized carbons (Fsp3) is 0.188. The first-order chi connectivity index (χ1) is 11.8. The molecule has 1 aromatic heterocycles. The van der Waals surface area contributed by atoms with Crippen molar-refractivity contribution in [2.45, 2.75) is 13.1 Å². The van der Waals surface area contributed by atoms with Gasteiger partial charge in [0, 0.05) is 0 Å². The summed E-state index contributed by atoms with van der Waals surface area (Å²) in [6.07, 6.45) is -3.41. The molecule has 0 aliphatic rings. The van der Waals surface area contributed by atoms with Gasteiger partial charge in [-0.1, -0.05) is 12.1 Å². The van der Waals surface area contributed by atoms with Gasteiger partial charge >= 0.3 is 6.18 Å². The lowest BCUT2D eigenvalue weighted by Crippen LogP contribution is -2.35. The minimum atomic E-state index is -4.67. The van der Waals surface area contributed by atoms with Crippen molar-refractivity contribution in [1.82, 2.24) is 10.7 Å². The monoisotopic (exact) mass is 353 g/mol. The van der Waals surface area contributed by atoms with E-state index in [0.29, 0.717) is 11.5 Å². The zero-order valence-electron chi connectivity index (χ0n) is 13.1. The topological polar surface area (TPSA) is 83.7 Å². The van der Waals surface area contributed by atoms with Gasteiger partial charge in [0.2, 0.25) is 0 Å². The number of hydrogen-bond donors (Lipinski definition) is 2. The Morgan fingerprint density at radius 1 is 1.20 bits per heavy atom. The summed E-state index contributed by atoms with van der Waals surface area (Å²) in [5, 5.41) is 5.73. The summed E-state index contributed by atoms with van der Waals surface area (Å²) in [6.45, 7) is 1.21. The average Bonchev–Trinajstić information content (AvgIpc) is 2.97. The molecule has 1 heterocycles. The zero-order valence-corrected chi connectivity index (χ0v) is 13.1. The predicted molar refractivity (Wildman–Crippen MR) is 83.0 cm³/mol. The molecule has 132 valence electrons. The number of hydrazone groups is 1. The van der Waals surface area contributed by atoms with Gasteiger partial charge in [-0.3, -0.25) is 9.59 Å². The number of halogens is 3. The minimum Gasteiger partial charge on any atom is -0.460 e. The van der Waals surface area contributed by atoms with Gasteiger partial charge in [0.1, 0.15) is 11.5 Å². The second-order valence-corrected chi connectivity index (χ2v) is 4.97. The number of alkyl halides is 3. The molecule has 9 heteroatoms. The van der Waals surface area contributed by atoms with Crippen molar-refractivity contribution in [1.29, 1.82) is 0 Å². The second kappa shape index (κ2) is 7.65. The Hall–Kier alpha value is -3.10. The van der Waals surface area contributed by atoms with Crippen LogP contribution in [0.25, 0.3) is 0 Å². The summed E-state index contributed by atoms with van der Waals surface area (Å²) >= 11 is 0. The lowest BCUT2D eigenvalue weighted by Gasteiger charge is -2.12. The lowest BCUT2D eigenvalue weighted by molar-refractivity contribution is -0.137. The maximum absolute atomic E-state index is 12.8. The van der Waals surface area contributed by atoms with Crippen LogP contribution in [0, 0.1) is 6.92 Å². The molecule has 0 unspecified atom stereocenters. The van der Waals surface area contributed by atoms with Crippen LogP contribution in [0.3, 0.4) is 0 Å². The minimum absolute atomic E-state index is 0.418. The van der Waals surface area contributed by atoms with Gasteiger partial charge in [-0.2, -0.15) is 18.3 Å². The first-order valence-electron chi connectivity index (χ1n) is 7.10. The summed E-state index contributed by atoms with van der Waals surface area (Å²) < 4.78 is 43.7. The van der Waals surface area contributed by atoms with Crippen molar-refractivity contribution in [3.05, 3.63) is 59.0 Å². The largest absolute Gasteiger partial charge is 0.460 e. The number of nitrogens with zero attached hydrogens (tertiary/aromatic N) is 1. The number of nitrogens with one attached hydrogen (secondary N) is 2. The lowest BCUT2D eigenvalue weighted by atomic mass is 10.1. The quantitative estimate of drug-likeness (QED) is 0.640. The molecule has 2 amide bonds. The highest BCUT2D eigenvalue weighted by Crippen LogP contribution is 2.31. The van der Waals surface area contributed by atoms with E-state index in [4.69, 9.17) is 4.42 Å². The highest BCUT2D eigenvalue weighted by molar-refractivity contribution is 5.97. The van der Waals surface area contributed by atoms with Crippen molar-refractivity contribution in [2.75, 3.05) is 6.54 Å². The molecule has 25 heavy (non-hydrogen) atoms. The molecular weight excluding hydrogens is 339 g/mol. The molecule has 0 fully saturated rings. The average molecular weight is 353 g/mol. The van der Waals surface area contributed by atoms with Crippen LogP contribution in [0.15, 0.2) is 45.9 Å². The van der Waals surface area contributed by atoms with Gasteiger partial charge in [0.25, 0.3) is 11.8 Å². The third-order valence-corrected chi connectivity index (χ3v) is 3.03. The molecule has 2 rings (SSSR count). The van der Waals surface area contributed by atoms with Crippen molar-refractivity contribution in [3.63, 3.8) is 0 Å². The van der Waals surface area contributed by atoms with Crippen LogP contribution >= 0.6 is 0 Å². The van der Waals surface area contributed by atoms with E-state index in [0.717, 1.165) is 12.1 Å². The highest BCUT2D eigenvalue weighted by Gasteiger charge is 2.34. The summed E-state index contributed by atoms with van der Waals surface area (Å²) in [5.41, 5.74) is 0.497. The number of benzene rings is 1. The number of carbonyl (C=O) groups is 2. The molecule has 0 atom stereocenters. The van der Waals surface area contributed by atoms with Gasteiger partial charge in [-0.25, -0.2) is 5.43 Å². The molecule has 0 saturated carbocycles. The van der Waals surface area contributed by atoms with Crippen LogP contribution in [0.4, 0.5) is 13.2 Å². The molecule has 0 spiro atoms. The molecule has 6 nitrogen and oxygen atoms in total. The molecule has 1 aromatic carbocycles. The van der Waals surface area contributed by atoms with E-state index in [1.807, 2.05) is 0 Å². The Bertz CT molecular complexity index is 797. The Labute approximate surface area is 140 Å². The third-order valence-electron chi connectivity index (χ3n) is 3.03. The van der Waals surface area contributed by atoms with Crippen LogP contribution in [0.5, 0.6) is 0 Å². The Kier molecular flexibility index (Phi) is 5.58. The number of aryl methyl sites for hydroxylation is 1. The molecule has 0 bridgehead atoms. The summed E-state index contributed by atoms with van der Waals surface area (Å²) in [5.74, 6) is -0.615. The first kappa shape index (κ1) is 18.2. The van der Waals surface area contributed by atoms with Crippen LogP contribution in [-0.2, 0) is 11.0 Å². The SMILES string of the molecule is Cc1ccc(/C=N/NC(=O)CNC(=O)c2ccccc2C(F)(F)F)o1. The molecule has 0 aliphatic carbocycles. The Morgan fingerprint density at radius 2 is 1.92 bits per heavy atom. The van der Waals surface area contributed by atoms with Gasteiger partial charge in [0.15, 0.2) is 0 Å². The molecule has 2 aromatic rings. The number of hydrogen-bond acceptors (Lipinski definition) is 4. The van der Waals surface area contributed by atoms with Crippen LogP contribution in [0.1, 0.15) is 27.4 Å². The first-order valence-corrected chi connectivity index (χ1v) is 7.10. The van der Waals surface area contributed by atoms with Gasteiger partial charge in [0.05, 0.1) is 23.9 Å². The number of amides is 2. The van der Waals surface area contributed by atoms with E-state index in [-0.39, 0.29) is 0 Å². The van der Waals surface area contributed by atoms with E-state index in [1.54, 1.807) is 19.1 Å². The van der Waals surface area contributed by atoms with Crippen LogP contribution in [-0.4, -0.2) is 24.6 Å². The van der Waals surface area contributed by atoms with Crippen molar-refractivity contribution >= 4 is 18.0 Å². The standard InChI is InChI=1S/C16H14F3N3O3/c1-10-6-7-11(25-10)8-21-22-14(23)9-20-15(24)12-4-2-3-5-13(12)16(17,18)19/h2-8H,9H2,1H3,(H,20,24)(H,22,23)/b21-8+. The third kappa shape index (κ3) is 5.20. The Morgan fingerprint density at radius 3 is 2.56 bits per heavy atom. The number of furan rings is 1. The smallest absolute Gasteiger partial charge is 0.417 e. The summed E-state index contributed by atoms with van der Waals surface area (Å²) in [6, 6.07) is 7.66. The Balaban J connectivity index is 1.90. The van der Waals surface area contributed by atoms with Crippen molar-refractivity contribution in [2.24, 2.45) is 5.10 Å². The summed E-state index contributed by atoms with van der Waals surface area (Å²) in [7, 11) is 0. The molecule has 0 aliphatic heterocycles. The molecule has 0 saturated heterocycles. The van der Waals surface area contributed by atoms with E-state index in [9.17, 15) is 22.8 Å². The molecule has 2 N–H and O–H groups in total. The molecular formula is C16H14F3N3O3. The number of carbonyl (C=O) groups excluding carboxylic acids is 2. The zero-order chi connectivity index (χ0) is 18.4. The van der Waals surface area contributed by atoms with Crippen molar-refractivity contribution < 1.29 is 27.2 Å². The fourth-order valence-corrected chi connectivity index (χ4v) is 1.91. The van der Waals surface area contributed by atoms with E-state index in [2.05, 4.69) is 15.8 Å². The van der Waals surface area contributed by atoms with Gasteiger partial charge < -0.3 is 9.73 Å². The normalized spacial score (nSPS) is 11.5. The maximum atomic E-state index is 12.8. The van der Waals surface area contributed by atoms with E-state index < -0.39 is 35.7 Å². The second-order valence-electron chi connectivity index (χ2n) is 4.97. The van der Waals surface area contributed by atoms with E-state index >= 15 is 0 Å². The maximum Gasteiger partial charge on any atom is 0.417 e. The summed E-state index contributed by atoms with van der Waals surface area (Å²) in [4.78, 5) is 23.4. The molecule has 0 radical (unpaired) electrons. The van der Waals surface area contributed by atoms with E-state index in [1.165, 1.54) is 18.3 Å². The highest BCUT2D eigenvalue weighted by atomic mass is 19.4.